The van der Waals surface area contributed by atoms with E-state index in [0.717, 1.165) is 0 Å². The molecule has 0 aliphatic rings. The molecule has 0 fully saturated rings. The molecule has 0 spiro atoms. The van der Waals surface area contributed by atoms with Gasteiger partial charge in [0.1, 0.15) is 10.8 Å². The number of hydrogen-bond acceptors (Lipinski definition) is 7. The number of thioether (sulfide) groups is 1. The molecule has 6 nitrogen and oxygen atoms in total. The molecule has 0 amide bonds. The molecule has 0 aliphatic carbocycles. The largest absolute Gasteiger partial charge is 0.449 e. The molecule has 2 heterocycles. The third-order valence-electron chi connectivity index (χ3n) is 3.69. The van der Waals surface area contributed by atoms with Crippen LogP contribution in [-0.2, 0) is 4.74 Å². The van der Waals surface area contributed by atoms with Gasteiger partial charge < -0.3 is 9.26 Å². The minimum atomic E-state index is -0.756. The van der Waals surface area contributed by atoms with Gasteiger partial charge in [-0.2, -0.15) is 4.98 Å². The van der Waals surface area contributed by atoms with Gasteiger partial charge in [0.05, 0.1) is 5.56 Å². The Morgan fingerprint density at radius 1 is 1.35 bits per heavy atom. The highest BCUT2D eigenvalue weighted by Gasteiger charge is 2.22. The van der Waals surface area contributed by atoms with E-state index in [1.165, 1.54) is 17.8 Å². The van der Waals surface area contributed by atoms with Gasteiger partial charge in [-0.3, -0.25) is 0 Å². The Morgan fingerprint density at radius 3 is 2.88 bits per heavy atom. The Morgan fingerprint density at radius 2 is 2.15 bits per heavy atom. The van der Waals surface area contributed by atoms with Gasteiger partial charge in [0.15, 0.2) is 6.10 Å². The molecule has 0 saturated heterocycles. The maximum atomic E-state index is 13.7. The molecule has 134 valence electrons. The summed E-state index contributed by atoms with van der Waals surface area (Å²) in [6.07, 6.45) is 2.68. The van der Waals surface area contributed by atoms with Crippen molar-refractivity contribution in [2.24, 2.45) is 0 Å². The maximum Gasteiger partial charge on any atom is 0.341 e. The number of benzene rings is 1. The molecule has 1 aromatic carbocycles. The second-order valence-electron chi connectivity index (χ2n) is 5.53. The van der Waals surface area contributed by atoms with Crippen LogP contribution in [-0.4, -0.2) is 27.3 Å². The highest BCUT2D eigenvalue weighted by Crippen LogP contribution is 2.24. The summed E-state index contributed by atoms with van der Waals surface area (Å²) in [5.74, 6) is -0.525. The Bertz CT molecular complexity index is 945. The molecule has 2 aromatic heterocycles. The van der Waals surface area contributed by atoms with Crippen molar-refractivity contribution in [3.05, 3.63) is 59.4 Å². The molecule has 8 heteroatoms. The average molecular weight is 373 g/mol. The van der Waals surface area contributed by atoms with E-state index in [4.69, 9.17) is 9.26 Å². The number of aromatic nitrogens is 3. The molecule has 0 bridgehead atoms. The minimum absolute atomic E-state index is 0.129. The van der Waals surface area contributed by atoms with E-state index >= 15 is 0 Å². The summed E-state index contributed by atoms with van der Waals surface area (Å²) in [7, 11) is 0. The lowest BCUT2D eigenvalue weighted by molar-refractivity contribution is 0.0260. The predicted octanol–water partition coefficient (Wildman–Crippen LogP) is 4.22. The van der Waals surface area contributed by atoms with Crippen molar-refractivity contribution in [1.82, 2.24) is 15.1 Å². The van der Waals surface area contributed by atoms with Crippen LogP contribution in [0.15, 0.2) is 46.1 Å². The Labute approximate surface area is 153 Å². The molecule has 0 aliphatic heterocycles. The standard InChI is InChI=1S/C18H16FN3O3S/c1-10-6-7-12(9-14(10)19)15-21-16(25-22-15)11(2)24-18(23)13-5-4-8-20-17(13)26-3/h4-9,11H,1-3H3. The summed E-state index contributed by atoms with van der Waals surface area (Å²) in [4.78, 5) is 20.7. The molecule has 0 radical (unpaired) electrons. The van der Waals surface area contributed by atoms with Crippen LogP contribution < -0.4 is 0 Å². The van der Waals surface area contributed by atoms with E-state index in [0.29, 0.717) is 21.7 Å². The zero-order chi connectivity index (χ0) is 18.7. The van der Waals surface area contributed by atoms with Crippen molar-refractivity contribution in [2.75, 3.05) is 6.26 Å². The van der Waals surface area contributed by atoms with Gasteiger partial charge in [0.25, 0.3) is 5.89 Å². The van der Waals surface area contributed by atoms with Gasteiger partial charge in [-0.1, -0.05) is 17.3 Å². The average Bonchev–Trinajstić information content (AvgIpc) is 3.14. The first-order valence-corrected chi connectivity index (χ1v) is 9.02. The lowest BCUT2D eigenvalue weighted by Crippen LogP contribution is -2.11. The van der Waals surface area contributed by atoms with Crippen LogP contribution >= 0.6 is 11.8 Å². The van der Waals surface area contributed by atoms with E-state index in [9.17, 15) is 9.18 Å². The van der Waals surface area contributed by atoms with Gasteiger partial charge in [0, 0.05) is 11.8 Å². The third-order valence-corrected chi connectivity index (χ3v) is 4.40. The fourth-order valence-electron chi connectivity index (χ4n) is 2.23. The van der Waals surface area contributed by atoms with Crippen LogP contribution in [0, 0.1) is 12.7 Å². The smallest absolute Gasteiger partial charge is 0.341 e. The van der Waals surface area contributed by atoms with Crippen LogP contribution in [0.2, 0.25) is 0 Å². The molecule has 3 aromatic rings. The quantitative estimate of drug-likeness (QED) is 0.489. The van der Waals surface area contributed by atoms with Crippen LogP contribution in [0.1, 0.15) is 34.8 Å². The summed E-state index contributed by atoms with van der Waals surface area (Å²) in [5.41, 5.74) is 1.38. The Balaban J connectivity index is 1.76. The van der Waals surface area contributed by atoms with E-state index in [-0.39, 0.29) is 17.5 Å². The van der Waals surface area contributed by atoms with E-state index in [1.807, 2.05) is 6.26 Å². The number of halogens is 1. The van der Waals surface area contributed by atoms with Crippen molar-refractivity contribution < 1.29 is 18.4 Å². The third kappa shape index (κ3) is 3.75. The van der Waals surface area contributed by atoms with E-state index < -0.39 is 12.1 Å². The fourth-order valence-corrected chi connectivity index (χ4v) is 2.77. The van der Waals surface area contributed by atoms with Crippen LogP contribution in [0.3, 0.4) is 0 Å². The first kappa shape index (κ1) is 18.1. The summed E-state index contributed by atoms with van der Waals surface area (Å²) >= 11 is 1.35. The number of rotatable bonds is 5. The van der Waals surface area contributed by atoms with Crippen molar-refractivity contribution >= 4 is 17.7 Å². The number of aryl methyl sites for hydroxylation is 1. The molecule has 0 N–H and O–H groups in total. The molecule has 1 atom stereocenters. The number of pyridine rings is 1. The van der Waals surface area contributed by atoms with Gasteiger partial charge >= 0.3 is 5.97 Å². The number of nitrogens with zero attached hydrogens (tertiary/aromatic N) is 3. The van der Waals surface area contributed by atoms with E-state index in [2.05, 4.69) is 15.1 Å². The number of hydrogen-bond donors (Lipinski definition) is 0. The topological polar surface area (TPSA) is 78.1 Å². The SMILES string of the molecule is CSc1ncccc1C(=O)OC(C)c1nc(-c2ccc(C)c(F)c2)no1. The zero-order valence-electron chi connectivity index (χ0n) is 14.4. The number of ether oxygens (including phenoxy) is 1. The molecule has 3 rings (SSSR count). The Hall–Kier alpha value is -2.74. The highest BCUT2D eigenvalue weighted by molar-refractivity contribution is 7.98. The van der Waals surface area contributed by atoms with Gasteiger partial charge in [0.2, 0.25) is 5.82 Å². The van der Waals surface area contributed by atoms with Gasteiger partial charge in [-0.25, -0.2) is 14.2 Å². The number of carbonyl (C=O) groups is 1. The van der Waals surface area contributed by atoms with Crippen LogP contribution in [0.25, 0.3) is 11.4 Å². The molecular formula is C18H16FN3O3S. The molecule has 1 unspecified atom stereocenters. The summed E-state index contributed by atoms with van der Waals surface area (Å²) in [6.45, 7) is 3.30. The monoisotopic (exact) mass is 373 g/mol. The fraction of sp³-hybridized carbons (Fsp3) is 0.222. The van der Waals surface area contributed by atoms with Crippen molar-refractivity contribution in [3.63, 3.8) is 0 Å². The summed E-state index contributed by atoms with van der Waals surface area (Å²) in [6, 6.07) is 7.97. The predicted molar refractivity (Wildman–Crippen MR) is 94.3 cm³/mol. The summed E-state index contributed by atoms with van der Waals surface area (Å²) < 4.78 is 24.3. The van der Waals surface area contributed by atoms with E-state index in [1.54, 1.807) is 44.3 Å². The lowest BCUT2D eigenvalue weighted by atomic mass is 10.1. The zero-order valence-corrected chi connectivity index (χ0v) is 15.2. The first-order valence-electron chi connectivity index (χ1n) is 7.79. The second-order valence-corrected chi connectivity index (χ2v) is 6.32. The molecule has 0 saturated carbocycles. The van der Waals surface area contributed by atoms with Crippen molar-refractivity contribution in [2.45, 2.75) is 25.0 Å². The lowest BCUT2D eigenvalue weighted by Gasteiger charge is -2.10. The highest BCUT2D eigenvalue weighted by atomic mass is 32.2. The normalized spacial score (nSPS) is 12.0. The minimum Gasteiger partial charge on any atom is -0.449 e. The molecule has 26 heavy (non-hydrogen) atoms. The molecular weight excluding hydrogens is 357 g/mol. The van der Waals surface area contributed by atoms with Crippen LogP contribution in [0.4, 0.5) is 4.39 Å². The number of esters is 1. The number of carbonyl (C=O) groups excluding carboxylic acids is 1. The summed E-state index contributed by atoms with van der Waals surface area (Å²) in [5, 5.41) is 4.41. The maximum absolute atomic E-state index is 13.7. The second kappa shape index (κ2) is 7.65. The van der Waals surface area contributed by atoms with Crippen LogP contribution in [0.5, 0.6) is 0 Å². The van der Waals surface area contributed by atoms with Crippen molar-refractivity contribution in [3.8, 4) is 11.4 Å². The van der Waals surface area contributed by atoms with Gasteiger partial charge in [-0.05, 0) is 43.9 Å². The first-order chi connectivity index (χ1) is 12.5. The van der Waals surface area contributed by atoms with Crippen molar-refractivity contribution in [1.29, 1.82) is 0 Å². The van der Waals surface area contributed by atoms with Gasteiger partial charge in [-0.15, -0.1) is 11.8 Å². The Kier molecular flexibility index (Phi) is 5.32.